The molecule has 0 spiro atoms. The van der Waals surface area contributed by atoms with Crippen LogP contribution in [0.25, 0.3) is 0 Å². The van der Waals surface area contributed by atoms with E-state index < -0.39 is 5.60 Å². The van der Waals surface area contributed by atoms with Gasteiger partial charge in [-0.2, -0.15) is 0 Å². The third kappa shape index (κ3) is 5.64. The van der Waals surface area contributed by atoms with Gasteiger partial charge in [0.25, 0.3) is 5.91 Å². The average Bonchev–Trinajstić information content (AvgIpc) is 2.44. The molecule has 1 rings (SSSR count). The van der Waals surface area contributed by atoms with Crippen molar-refractivity contribution in [3.63, 3.8) is 0 Å². The fourth-order valence-electron chi connectivity index (χ4n) is 2.18. The zero-order chi connectivity index (χ0) is 14.1. The molecule has 118 valence electrons. The molecule has 1 aliphatic rings. The number of nitrogens with one attached hydrogen (secondary N) is 2. The summed E-state index contributed by atoms with van der Waals surface area (Å²) in [4.78, 5) is 23.3. The van der Waals surface area contributed by atoms with Crippen LogP contribution in [0.3, 0.4) is 0 Å². The number of piperidine rings is 1. The van der Waals surface area contributed by atoms with Crippen LogP contribution in [-0.2, 0) is 19.1 Å². The number of rotatable bonds is 7. The number of halogens is 1. The van der Waals surface area contributed by atoms with Crippen molar-refractivity contribution >= 4 is 24.3 Å². The highest BCUT2D eigenvalue weighted by Gasteiger charge is 2.39. The number of esters is 1. The van der Waals surface area contributed by atoms with Crippen molar-refractivity contribution in [3.8, 4) is 0 Å². The lowest BCUT2D eigenvalue weighted by molar-refractivity contribution is -0.147. The van der Waals surface area contributed by atoms with Gasteiger partial charge in [0.15, 0.2) is 0 Å². The number of ether oxygens (including phenoxy) is 2. The van der Waals surface area contributed by atoms with Crippen molar-refractivity contribution in [2.75, 3.05) is 33.4 Å². The van der Waals surface area contributed by atoms with Crippen molar-refractivity contribution in [2.24, 2.45) is 0 Å². The van der Waals surface area contributed by atoms with Crippen LogP contribution in [0.5, 0.6) is 0 Å². The van der Waals surface area contributed by atoms with E-state index in [4.69, 9.17) is 9.47 Å². The van der Waals surface area contributed by atoms with Crippen molar-refractivity contribution in [1.29, 1.82) is 0 Å². The second kappa shape index (κ2) is 9.96. The summed E-state index contributed by atoms with van der Waals surface area (Å²) in [6.45, 7) is 4.20. The van der Waals surface area contributed by atoms with E-state index in [1.165, 1.54) is 0 Å². The van der Waals surface area contributed by atoms with Gasteiger partial charge in [0.05, 0.1) is 6.61 Å². The highest BCUT2D eigenvalue weighted by molar-refractivity contribution is 5.85. The molecule has 6 nitrogen and oxygen atoms in total. The van der Waals surface area contributed by atoms with Crippen LogP contribution < -0.4 is 10.6 Å². The van der Waals surface area contributed by atoms with Gasteiger partial charge in [-0.15, -0.1) is 12.4 Å². The minimum atomic E-state index is -0.713. The van der Waals surface area contributed by atoms with Gasteiger partial charge in [0.1, 0.15) is 5.60 Å². The van der Waals surface area contributed by atoms with Crippen molar-refractivity contribution in [2.45, 2.75) is 38.2 Å². The molecule has 2 N–H and O–H groups in total. The Bertz CT molecular complexity index is 307. The van der Waals surface area contributed by atoms with Crippen LogP contribution in [-0.4, -0.2) is 50.8 Å². The van der Waals surface area contributed by atoms with Gasteiger partial charge in [-0.1, -0.05) is 0 Å². The lowest BCUT2D eigenvalue weighted by atomic mass is 9.91. The van der Waals surface area contributed by atoms with Crippen LogP contribution in [0.4, 0.5) is 0 Å². The van der Waals surface area contributed by atoms with Crippen LogP contribution in [0.2, 0.25) is 0 Å². The van der Waals surface area contributed by atoms with E-state index in [2.05, 4.69) is 10.6 Å². The topological polar surface area (TPSA) is 76.7 Å². The number of carbonyl (C=O) groups excluding carboxylic acids is 2. The molecule has 1 saturated heterocycles. The standard InChI is InChI=1S/C13H24N2O4.ClH/c1-3-19-11(16)5-4-8-15-12(17)13(18-2)6-9-14-10-7-13;/h14H,3-10H2,1-2H3,(H,15,17);1H. The SMILES string of the molecule is CCOC(=O)CCCNC(=O)C1(OC)CCNCC1.Cl. The molecule has 0 aliphatic carbocycles. The zero-order valence-corrected chi connectivity index (χ0v) is 13.0. The molecule has 1 fully saturated rings. The van der Waals surface area contributed by atoms with Crippen LogP contribution >= 0.6 is 12.4 Å². The second-order valence-corrected chi connectivity index (χ2v) is 4.61. The number of methoxy groups -OCH3 is 1. The molecule has 0 saturated carbocycles. The lowest BCUT2D eigenvalue weighted by Crippen LogP contribution is -2.54. The van der Waals surface area contributed by atoms with Gasteiger partial charge in [-0.3, -0.25) is 9.59 Å². The summed E-state index contributed by atoms with van der Waals surface area (Å²) in [7, 11) is 1.57. The number of hydrogen-bond donors (Lipinski definition) is 2. The minimum absolute atomic E-state index is 0. The van der Waals surface area contributed by atoms with Gasteiger partial charge in [0, 0.05) is 20.1 Å². The Hall–Kier alpha value is -0.850. The first-order chi connectivity index (χ1) is 9.14. The summed E-state index contributed by atoms with van der Waals surface area (Å²) in [6.07, 6.45) is 2.26. The van der Waals surface area contributed by atoms with E-state index in [1.54, 1.807) is 14.0 Å². The highest BCUT2D eigenvalue weighted by Crippen LogP contribution is 2.22. The van der Waals surface area contributed by atoms with E-state index in [9.17, 15) is 9.59 Å². The third-order valence-corrected chi connectivity index (χ3v) is 3.36. The first kappa shape index (κ1) is 19.1. The predicted octanol–water partition coefficient (Wildman–Crippen LogP) is 0.636. The molecule has 1 heterocycles. The summed E-state index contributed by atoms with van der Waals surface area (Å²) >= 11 is 0. The normalized spacial score (nSPS) is 16.9. The molecule has 0 bridgehead atoms. The van der Waals surface area contributed by atoms with Crippen LogP contribution in [0.1, 0.15) is 32.6 Å². The van der Waals surface area contributed by atoms with Gasteiger partial charge in [-0.05, 0) is 39.3 Å². The molecule has 0 radical (unpaired) electrons. The van der Waals surface area contributed by atoms with E-state index >= 15 is 0 Å². The molecular formula is C13H25ClN2O4. The first-order valence-corrected chi connectivity index (χ1v) is 6.84. The fraction of sp³-hybridized carbons (Fsp3) is 0.846. The maximum Gasteiger partial charge on any atom is 0.305 e. The van der Waals surface area contributed by atoms with Crippen molar-refractivity contribution in [3.05, 3.63) is 0 Å². The lowest BCUT2D eigenvalue weighted by Gasteiger charge is -2.34. The van der Waals surface area contributed by atoms with Crippen molar-refractivity contribution in [1.82, 2.24) is 10.6 Å². The molecule has 0 aromatic carbocycles. The smallest absolute Gasteiger partial charge is 0.305 e. The maximum absolute atomic E-state index is 12.1. The van der Waals surface area contributed by atoms with Gasteiger partial charge in [-0.25, -0.2) is 0 Å². The predicted molar refractivity (Wildman–Crippen MR) is 78.0 cm³/mol. The molecular weight excluding hydrogens is 284 g/mol. The Labute approximate surface area is 126 Å². The molecule has 1 aliphatic heterocycles. The molecule has 0 atom stereocenters. The van der Waals surface area contributed by atoms with E-state index in [1.807, 2.05) is 0 Å². The number of amides is 1. The van der Waals surface area contributed by atoms with Crippen molar-refractivity contribution < 1.29 is 19.1 Å². The molecule has 0 aromatic heterocycles. The van der Waals surface area contributed by atoms with Crippen LogP contribution in [0.15, 0.2) is 0 Å². The Morgan fingerprint density at radius 3 is 2.50 bits per heavy atom. The molecule has 0 unspecified atom stereocenters. The van der Waals surface area contributed by atoms with E-state index in [-0.39, 0.29) is 24.3 Å². The zero-order valence-electron chi connectivity index (χ0n) is 12.2. The number of carbonyl (C=O) groups is 2. The van der Waals surface area contributed by atoms with E-state index in [0.717, 1.165) is 13.1 Å². The summed E-state index contributed by atoms with van der Waals surface area (Å²) in [5, 5.41) is 6.05. The summed E-state index contributed by atoms with van der Waals surface area (Å²) in [5.74, 6) is -0.305. The van der Waals surface area contributed by atoms with Crippen LogP contribution in [0, 0.1) is 0 Å². The average molecular weight is 309 g/mol. The monoisotopic (exact) mass is 308 g/mol. The quantitative estimate of drug-likeness (QED) is 0.533. The summed E-state index contributed by atoms with van der Waals surface area (Å²) in [6, 6.07) is 0. The molecule has 1 amide bonds. The minimum Gasteiger partial charge on any atom is -0.466 e. The highest BCUT2D eigenvalue weighted by atomic mass is 35.5. The molecule has 20 heavy (non-hydrogen) atoms. The Kier molecular flexibility index (Phi) is 9.54. The molecule has 0 aromatic rings. The van der Waals surface area contributed by atoms with E-state index in [0.29, 0.717) is 38.8 Å². The Morgan fingerprint density at radius 1 is 1.30 bits per heavy atom. The van der Waals surface area contributed by atoms with Gasteiger partial charge < -0.3 is 20.1 Å². The maximum atomic E-state index is 12.1. The Morgan fingerprint density at radius 2 is 1.95 bits per heavy atom. The van der Waals surface area contributed by atoms with Gasteiger partial charge in [0.2, 0.25) is 0 Å². The third-order valence-electron chi connectivity index (χ3n) is 3.36. The fourth-order valence-corrected chi connectivity index (χ4v) is 2.18. The second-order valence-electron chi connectivity index (χ2n) is 4.61. The summed E-state index contributed by atoms with van der Waals surface area (Å²) in [5.41, 5.74) is -0.713. The molecule has 7 heteroatoms. The largest absolute Gasteiger partial charge is 0.466 e. The first-order valence-electron chi connectivity index (χ1n) is 6.84. The Balaban J connectivity index is 0.00000361. The summed E-state index contributed by atoms with van der Waals surface area (Å²) < 4.78 is 10.2. The van der Waals surface area contributed by atoms with Gasteiger partial charge >= 0.3 is 5.97 Å². The number of hydrogen-bond acceptors (Lipinski definition) is 5.